The fraction of sp³-hybridized carbons (Fsp3) is 0. The fourth-order valence-electron chi connectivity index (χ4n) is 0.879. The van der Waals surface area contributed by atoms with Gasteiger partial charge in [-0.2, -0.15) is 0 Å². The summed E-state index contributed by atoms with van der Waals surface area (Å²) < 4.78 is 0. The maximum Gasteiger partial charge on any atom is 2.00 e. The van der Waals surface area contributed by atoms with Crippen molar-refractivity contribution in [1.82, 2.24) is 0 Å². The van der Waals surface area contributed by atoms with Gasteiger partial charge in [-0.1, -0.05) is 23.6 Å². The smallest absolute Gasteiger partial charge is 0.872 e. The molecule has 10 heteroatoms. The summed E-state index contributed by atoms with van der Waals surface area (Å²) in [6.45, 7) is 0. The second-order valence-electron chi connectivity index (χ2n) is 2.42. The largest absolute Gasteiger partial charge is 2.00 e. The van der Waals surface area contributed by atoms with Crippen LogP contribution in [0.5, 0.6) is 11.5 Å². The van der Waals surface area contributed by atoms with Crippen molar-refractivity contribution in [2.75, 3.05) is 0 Å². The number of benzene rings is 1. The number of rotatable bonds is 2. The van der Waals surface area contributed by atoms with Gasteiger partial charge in [-0.15, -0.1) is 0 Å². The molecule has 0 amide bonds. The van der Waals surface area contributed by atoms with Crippen LogP contribution in [0, 0.1) is 0 Å². The minimum Gasteiger partial charge on any atom is -0.872 e. The SMILES string of the molecule is O.O.O=C([O-])c1cc([O-])c(C(=O)[O-])cc1[O-].[Co+2].[Co+2]. The van der Waals surface area contributed by atoms with E-state index in [0.717, 1.165) is 0 Å². The van der Waals surface area contributed by atoms with Crippen LogP contribution in [-0.4, -0.2) is 22.9 Å². The Kier molecular flexibility index (Phi) is 13.7. The van der Waals surface area contributed by atoms with Gasteiger partial charge >= 0.3 is 33.6 Å². The van der Waals surface area contributed by atoms with Crippen LogP contribution in [0.2, 0.25) is 0 Å². The summed E-state index contributed by atoms with van der Waals surface area (Å²) in [7, 11) is 0. The molecule has 0 atom stereocenters. The van der Waals surface area contributed by atoms with E-state index < -0.39 is 34.6 Å². The van der Waals surface area contributed by atoms with Gasteiger partial charge in [0.05, 0.1) is 11.9 Å². The zero-order chi connectivity index (χ0) is 10.9. The van der Waals surface area contributed by atoms with Gasteiger partial charge in [0.15, 0.2) is 0 Å². The number of carboxylic acid groups (broad SMARTS) is 2. The van der Waals surface area contributed by atoms with Gasteiger partial charge in [0.25, 0.3) is 0 Å². The van der Waals surface area contributed by atoms with Crippen molar-refractivity contribution in [3.63, 3.8) is 0 Å². The molecule has 0 saturated carbocycles. The van der Waals surface area contributed by atoms with Crippen LogP contribution in [-0.2, 0) is 33.6 Å². The van der Waals surface area contributed by atoms with E-state index in [-0.39, 0.29) is 44.5 Å². The first-order valence-electron chi connectivity index (χ1n) is 3.38. The summed E-state index contributed by atoms with van der Waals surface area (Å²) in [6.07, 6.45) is 0. The quantitative estimate of drug-likeness (QED) is 0.513. The number of aromatic carboxylic acids is 2. The molecular formula is C8H6Co2O8. The van der Waals surface area contributed by atoms with Gasteiger partial charge in [-0.05, 0) is 11.1 Å². The van der Waals surface area contributed by atoms with Crippen LogP contribution >= 0.6 is 0 Å². The Morgan fingerprint density at radius 3 is 1.17 bits per heavy atom. The predicted octanol–water partition coefficient (Wildman–Crippen LogP) is -5.09. The second kappa shape index (κ2) is 9.70. The molecular weight excluding hydrogens is 342 g/mol. The van der Waals surface area contributed by atoms with E-state index in [1.54, 1.807) is 0 Å². The van der Waals surface area contributed by atoms with Crippen LogP contribution in [0.25, 0.3) is 0 Å². The zero-order valence-electron chi connectivity index (χ0n) is 8.27. The first-order chi connectivity index (χ1) is 6.43. The molecule has 18 heavy (non-hydrogen) atoms. The Morgan fingerprint density at radius 2 is 1.00 bits per heavy atom. The third kappa shape index (κ3) is 5.35. The molecule has 1 aromatic carbocycles. The van der Waals surface area contributed by atoms with E-state index in [1.165, 1.54) is 0 Å². The summed E-state index contributed by atoms with van der Waals surface area (Å²) in [4.78, 5) is 20.5. The molecule has 0 fully saturated rings. The van der Waals surface area contributed by atoms with E-state index in [1.807, 2.05) is 0 Å². The second-order valence-corrected chi connectivity index (χ2v) is 2.42. The molecule has 0 bridgehead atoms. The maximum atomic E-state index is 10.9. The molecule has 1 rings (SSSR count). The minimum absolute atomic E-state index is 0. The van der Waals surface area contributed by atoms with Crippen molar-refractivity contribution in [3.05, 3.63) is 23.3 Å². The Hall–Kier alpha value is -1.31. The normalized spacial score (nSPS) is 7.56. The molecule has 8 nitrogen and oxygen atoms in total. The molecule has 1 aromatic rings. The number of carbonyl (C=O) groups is 2. The molecule has 2 radical (unpaired) electrons. The van der Waals surface area contributed by atoms with Gasteiger partial charge in [0, 0.05) is 0 Å². The van der Waals surface area contributed by atoms with Crippen molar-refractivity contribution in [2.45, 2.75) is 0 Å². The summed E-state index contributed by atoms with van der Waals surface area (Å²) >= 11 is 0. The molecule has 4 N–H and O–H groups in total. The van der Waals surface area contributed by atoms with Crippen LogP contribution in [0.15, 0.2) is 12.1 Å². The van der Waals surface area contributed by atoms with Crippen molar-refractivity contribution in [3.8, 4) is 11.5 Å². The predicted molar refractivity (Wildman–Crippen MR) is 41.2 cm³/mol. The Labute approximate surface area is 121 Å². The van der Waals surface area contributed by atoms with Crippen LogP contribution in [0.3, 0.4) is 0 Å². The average Bonchev–Trinajstić information content (AvgIpc) is 2.07. The van der Waals surface area contributed by atoms with Crippen LogP contribution in [0.1, 0.15) is 20.7 Å². The topological polar surface area (TPSA) is 189 Å². The van der Waals surface area contributed by atoms with Crippen LogP contribution < -0.4 is 20.4 Å². The van der Waals surface area contributed by atoms with Gasteiger partial charge in [-0.3, -0.25) is 0 Å². The van der Waals surface area contributed by atoms with Crippen molar-refractivity contribution < 1.29 is 74.5 Å². The van der Waals surface area contributed by atoms with Crippen molar-refractivity contribution in [2.24, 2.45) is 0 Å². The summed E-state index contributed by atoms with van der Waals surface area (Å²) in [5.74, 6) is -5.83. The summed E-state index contributed by atoms with van der Waals surface area (Å²) in [5, 5.41) is 42.3. The first kappa shape index (κ1) is 25.5. The Bertz CT molecular complexity index is 380. The number of hydrogen-bond donors (Lipinski definition) is 0. The molecule has 0 aromatic heterocycles. The van der Waals surface area contributed by atoms with E-state index in [2.05, 4.69) is 0 Å². The van der Waals surface area contributed by atoms with Crippen LogP contribution in [0.4, 0.5) is 0 Å². The molecule has 0 saturated heterocycles. The monoisotopic (exact) mass is 348 g/mol. The maximum absolute atomic E-state index is 10.9. The van der Waals surface area contributed by atoms with E-state index in [9.17, 15) is 30.0 Å². The standard InChI is InChI=1S/C8H6O6.2Co.2H2O/c9-5-1-3(7(11)12)6(10)2-4(5)8(13)14;;;;/h1-2,9-10H,(H,11,12)(H,13,14);;;2*1H2/q;2*+2;;/p-4. The van der Waals surface area contributed by atoms with E-state index in [0.29, 0.717) is 12.1 Å². The first-order valence-corrected chi connectivity index (χ1v) is 3.38. The third-order valence-electron chi connectivity index (χ3n) is 1.52. The van der Waals surface area contributed by atoms with E-state index in [4.69, 9.17) is 0 Å². The number of carbonyl (C=O) groups excluding carboxylic acids is 2. The van der Waals surface area contributed by atoms with Crippen molar-refractivity contribution >= 4 is 11.9 Å². The fourth-order valence-corrected chi connectivity index (χ4v) is 0.879. The van der Waals surface area contributed by atoms with Gasteiger partial charge in [0.2, 0.25) is 0 Å². The van der Waals surface area contributed by atoms with Gasteiger partial charge < -0.3 is 41.0 Å². The molecule has 0 aliphatic rings. The molecule has 0 aliphatic heterocycles. The molecule has 0 spiro atoms. The summed E-state index contributed by atoms with van der Waals surface area (Å²) in [6, 6.07) is 0.811. The number of carboxylic acids is 2. The van der Waals surface area contributed by atoms with Crippen molar-refractivity contribution in [1.29, 1.82) is 0 Å². The molecule has 0 unspecified atom stereocenters. The molecule has 0 heterocycles. The zero-order valence-corrected chi connectivity index (χ0v) is 10.4. The van der Waals surface area contributed by atoms with Gasteiger partial charge in [-0.25, -0.2) is 0 Å². The van der Waals surface area contributed by atoms with Gasteiger partial charge in [0.1, 0.15) is 0 Å². The molecule has 104 valence electrons. The Morgan fingerprint density at radius 1 is 0.778 bits per heavy atom. The van der Waals surface area contributed by atoms with E-state index >= 15 is 0 Å². The molecule has 0 aliphatic carbocycles. The third-order valence-corrected chi connectivity index (χ3v) is 1.52. The number of hydrogen-bond acceptors (Lipinski definition) is 6. The average molecular weight is 348 g/mol. The summed E-state index contributed by atoms with van der Waals surface area (Å²) in [5.41, 5.74) is -1.72. The Balaban J connectivity index is -0.000000245. The minimum atomic E-state index is -1.82.